The maximum absolute atomic E-state index is 5.83. The predicted molar refractivity (Wildman–Crippen MR) is 68.0 cm³/mol. The number of nitrogens with two attached hydrogens (primary N) is 1. The van der Waals surface area contributed by atoms with Gasteiger partial charge in [-0.1, -0.05) is 28.9 Å². The molecule has 1 aromatic carbocycles. The summed E-state index contributed by atoms with van der Waals surface area (Å²) in [6.07, 6.45) is 3.79. The predicted octanol–water partition coefficient (Wildman–Crippen LogP) is 1.87. The normalized spacial score (nSPS) is 10.7. The molecule has 0 unspecified atom stereocenters. The van der Waals surface area contributed by atoms with Gasteiger partial charge in [-0.25, -0.2) is 4.68 Å². The van der Waals surface area contributed by atoms with Gasteiger partial charge in [0.25, 0.3) is 0 Å². The fourth-order valence-electron chi connectivity index (χ4n) is 1.59. The molecule has 4 nitrogen and oxygen atoms in total. The molecule has 0 bridgehead atoms. The van der Waals surface area contributed by atoms with Crippen molar-refractivity contribution in [3.63, 3.8) is 0 Å². The summed E-state index contributed by atoms with van der Waals surface area (Å²) in [7, 11) is 0. The SMILES string of the molecule is NCCCc1cn(Cc2ccc(Cl)cc2)nn1. The Kier molecular flexibility index (Phi) is 4.12. The zero-order valence-electron chi connectivity index (χ0n) is 9.51. The first kappa shape index (κ1) is 12.1. The molecule has 0 amide bonds. The summed E-state index contributed by atoms with van der Waals surface area (Å²) in [6, 6.07) is 7.74. The number of halogens is 1. The van der Waals surface area contributed by atoms with Crippen LogP contribution in [0.5, 0.6) is 0 Å². The number of nitrogens with zero attached hydrogens (tertiary/aromatic N) is 3. The highest BCUT2D eigenvalue weighted by molar-refractivity contribution is 6.30. The van der Waals surface area contributed by atoms with Crippen molar-refractivity contribution in [1.29, 1.82) is 0 Å². The molecular formula is C12H15ClN4. The Hall–Kier alpha value is -1.39. The van der Waals surface area contributed by atoms with Crippen LogP contribution >= 0.6 is 11.6 Å². The lowest BCUT2D eigenvalue weighted by Gasteiger charge is -2.00. The Morgan fingerprint density at radius 1 is 1.24 bits per heavy atom. The van der Waals surface area contributed by atoms with Crippen LogP contribution in [0.2, 0.25) is 5.02 Å². The van der Waals surface area contributed by atoms with Gasteiger partial charge in [0.2, 0.25) is 0 Å². The van der Waals surface area contributed by atoms with Gasteiger partial charge >= 0.3 is 0 Å². The van der Waals surface area contributed by atoms with Gasteiger partial charge in [0, 0.05) is 11.2 Å². The molecule has 0 saturated carbocycles. The average molecular weight is 251 g/mol. The summed E-state index contributed by atoms with van der Waals surface area (Å²) in [5.74, 6) is 0. The van der Waals surface area contributed by atoms with E-state index in [4.69, 9.17) is 17.3 Å². The topological polar surface area (TPSA) is 56.7 Å². The first-order valence-corrected chi connectivity index (χ1v) is 5.99. The Morgan fingerprint density at radius 2 is 2.00 bits per heavy atom. The van der Waals surface area contributed by atoms with Crippen molar-refractivity contribution < 1.29 is 0 Å². The average Bonchev–Trinajstić information content (AvgIpc) is 2.77. The van der Waals surface area contributed by atoms with E-state index in [2.05, 4.69) is 10.3 Å². The van der Waals surface area contributed by atoms with Crippen molar-refractivity contribution in [3.05, 3.63) is 46.7 Å². The largest absolute Gasteiger partial charge is 0.330 e. The molecule has 0 spiro atoms. The molecule has 0 saturated heterocycles. The summed E-state index contributed by atoms with van der Waals surface area (Å²) >= 11 is 5.83. The molecule has 0 aliphatic rings. The van der Waals surface area contributed by atoms with E-state index >= 15 is 0 Å². The minimum atomic E-state index is 0.685. The molecule has 5 heteroatoms. The molecule has 2 N–H and O–H groups in total. The molecule has 17 heavy (non-hydrogen) atoms. The summed E-state index contributed by atoms with van der Waals surface area (Å²) in [4.78, 5) is 0. The molecule has 90 valence electrons. The summed E-state index contributed by atoms with van der Waals surface area (Å²) in [5, 5.41) is 8.92. The highest BCUT2D eigenvalue weighted by atomic mass is 35.5. The highest BCUT2D eigenvalue weighted by Crippen LogP contribution is 2.10. The zero-order valence-corrected chi connectivity index (χ0v) is 10.3. The maximum Gasteiger partial charge on any atom is 0.0827 e. The fraction of sp³-hybridized carbons (Fsp3) is 0.333. The summed E-state index contributed by atoms with van der Waals surface area (Å²) in [6.45, 7) is 1.40. The van der Waals surface area contributed by atoms with Crippen LogP contribution in [-0.4, -0.2) is 21.5 Å². The molecule has 0 aliphatic carbocycles. The van der Waals surface area contributed by atoms with Gasteiger partial charge in [-0.2, -0.15) is 0 Å². The van der Waals surface area contributed by atoms with Gasteiger partial charge in [-0.15, -0.1) is 5.10 Å². The summed E-state index contributed by atoms with van der Waals surface area (Å²) < 4.78 is 1.83. The van der Waals surface area contributed by atoms with Crippen LogP contribution in [0.4, 0.5) is 0 Å². The molecule has 1 heterocycles. The van der Waals surface area contributed by atoms with Gasteiger partial charge < -0.3 is 5.73 Å². The Bertz CT molecular complexity index is 464. The van der Waals surface area contributed by atoms with E-state index in [1.54, 1.807) is 0 Å². The van der Waals surface area contributed by atoms with Gasteiger partial charge in [-0.3, -0.25) is 0 Å². The van der Waals surface area contributed by atoms with E-state index in [0.29, 0.717) is 13.1 Å². The molecule has 0 atom stereocenters. The van der Waals surface area contributed by atoms with Crippen molar-refractivity contribution in [1.82, 2.24) is 15.0 Å². The van der Waals surface area contributed by atoms with Crippen LogP contribution in [0.3, 0.4) is 0 Å². The smallest absolute Gasteiger partial charge is 0.0827 e. The molecule has 2 aromatic rings. The second-order valence-electron chi connectivity index (χ2n) is 3.93. The standard InChI is InChI=1S/C12H15ClN4/c13-11-5-3-10(4-6-11)8-17-9-12(15-16-17)2-1-7-14/h3-6,9H,1-2,7-8,14H2. The Labute approximate surface area is 105 Å². The van der Waals surface area contributed by atoms with E-state index < -0.39 is 0 Å². The molecule has 0 aliphatic heterocycles. The second-order valence-corrected chi connectivity index (χ2v) is 4.36. The first-order valence-electron chi connectivity index (χ1n) is 5.61. The number of rotatable bonds is 5. The van der Waals surface area contributed by atoms with E-state index in [1.165, 1.54) is 0 Å². The Morgan fingerprint density at radius 3 is 2.71 bits per heavy atom. The van der Waals surface area contributed by atoms with E-state index in [0.717, 1.165) is 29.1 Å². The number of hydrogen-bond acceptors (Lipinski definition) is 3. The van der Waals surface area contributed by atoms with Crippen LogP contribution in [0.1, 0.15) is 17.7 Å². The first-order chi connectivity index (χ1) is 8.28. The number of aryl methyl sites for hydroxylation is 1. The van der Waals surface area contributed by atoms with Gasteiger partial charge in [0.05, 0.1) is 12.2 Å². The monoisotopic (exact) mass is 250 g/mol. The van der Waals surface area contributed by atoms with Crippen LogP contribution in [0.25, 0.3) is 0 Å². The number of benzene rings is 1. The molecule has 0 fully saturated rings. The third kappa shape index (κ3) is 3.54. The van der Waals surface area contributed by atoms with Crippen LogP contribution in [-0.2, 0) is 13.0 Å². The molecule has 0 radical (unpaired) electrons. The Balaban J connectivity index is 1.98. The van der Waals surface area contributed by atoms with Gasteiger partial charge in [0.15, 0.2) is 0 Å². The lowest BCUT2D eigenvalue weighted by molar-refractivity contribution is 0.649. The van der Waals surface area contributed by atoms with Crippen molar-refractivity contribution >= 4 is 11.6 Å². The number of hydrogen-bond donors (Lipinski definition) is 1. The third-order valence-corrected chi connectivity index (χ3v) is 2.73. The lowest BCUT2D eigenvalue weighted by Crippen LogP contribution is -2.00. The fourth-order valence-corrected chi connectivity index (χ4v) is 1.72. The lowest BCUT2D eigenvalue weighted by atomic mass is 10.2. The van der Waals surface area contributed by atoms with E-state index in [1.807, 2.05) is 35.1 Å². The van der Waals surface area contributed by atoms with Crippen molar-refractivity contribution in [2.75, 3.05) is 6.54 Å². The number of aromatic nitrogens is 3. The van der Waals surface area contributed by atoms with E-state index in [-0.39, 0.29) is 0 Å². The molecular weight excluding hydrogens is 236 g/mol. The zero-order chi connectivity index (χ0) is 12.1. The summed E-state index contributed by atoms with van der Waals surface area (Å²) in [5.41, 5.74) is 7.60. The van der Waals surface area contributed by atoms with Crippen LogP contribution in [0, 0.1) is 0 Å². The minimum Gasteiger partial charge on any atom is -0.330 e. The van der Waals surface area contributed by atoms with Crippen LogP contribution in [0.15, 0.2) is 30.5 Å². The highest BCUT2D eigenvalue weighted by Gasteiger charge is 2.01. The quantitative estimate of drug-likeness (QED) is 0.882. The molecule has 2 rings (SSSR count). The van der Waals surface area contributed by atoms with E-state index in [9.17, 15) is 0 Å². The van der Waals surface area contributed by atoms with Crippen molar-refractivity contribution in [3.8, 4) is 0 Å². The molecule has 1 aromatic heterocycles. The van der Waals surface area contributed by atoms with Gasteiger partial charge in [0.1, 0.15) is 0 Å². The maximum atomic E-state index is 5.83. The van der Waals surface area contributed by atoms with Crippen molar-refractivity contribution in [2.24, 2.45) is 5.73 Å². The third-order valence-electron chi connectivity index (χ3n) is 2.48. The minimum absolute atomic E-state index is 0.685. The second kappa shape index (κ2) is 5.80. The van der Waals surface area contributed by atoms with Crippen molar-refractivity contribution in [2.45, 2.75) is 19.4 Å². The van der Waals surface area contributed by atoms with Crippen LogP contribution < -0.4 is 5.73 Å². The van der Waals surface area contributed by atoms with Gasteiger partial charge in [-0.05, 0) is 37.1 Å².